The number of rotatable bonds is 5. The number of halogens is 1. The van der Waals surface area contributed by atoms with Crippen LogP contribution in [0.15, 0.2) is 58.5 Å². The van der Waals surface area contributed by atoms with E-state index in [1.807, 2.05) is 32.0 Å². The van der Waals surface area contributed by atoms with E-state index in [0.29, 0.717) is 11.3 Å². The highest BCUT2D eigenvalue weighted by atomic mass is 35.5. The molecule has 3 aromatic rings. The summed E-state index contributed by atoms with van der Waals surface area (Å²) in [4.78, 5) is 23.0. The van der Waals surface area contributed by atoms with Crippen molar-refractivity contribution >= 4 is 35.0 Å². The molecule has 0 atom stereocenters. The molecule has 0 saturated carbocycles. The zero-order valence-corrected chi connectivity index (χ0v) is 16.9. The van der Waals surface area contributed by atoms with E-state index >= 15 is 0 Å². The number of carbonyl (C=O) groups excluding carboxylic acids is 1. The maximum atomic E-state index is 12.5. The Hall–Kier alpha value is -3.89. The van der Waals surface area contributed by atoms with Gasteiger partial charge < -0.3 is 9.73 Å². The van der Waals surface area contributed by atoms with Crippen molar-refractivity contribution in [3.8, 4) is 17.4 Å². The molecule has 0 spiro atoms. The predicted molar refractivity (Wildman–Crippen MR) is 114 cm³/mol. The van der Waals surface area contributed by atoms with Crippen molar-refractivity contribution in [2.75, 3.05) is 5.32 Å². The van der Waals surface area contributed by atoms with Gasteiger partial charge in [0, 0.05) is 29.5 Å². The van der Waals surface area contributed by atoms with E-state index in [2.05, 4.69) is 5.32 Å². The van der Waals surface area contributed by atoms with Crippen molar-refractivity contribution in [3.05, 3.63) is 86.1 Å². The van der Waals surface area contributed by atoms with Crippen molar-refractivity contribution in [1.29, 1.82) is 5.26 Å². The lowest BCUT2D eigenvalue weighted by Gasteiger charge is -2.08. The molecule has 2 aromatic carbocycles. The number of nitrogens with one attached hydrogen (secondary N) is 1. The first-order valence-electron chi connectivity index (χ1n) is 8.83. The molecular formula is C22H16ClN3O4. The lowest BCUT2D eigenvalue weighted by Crippen LogP contribution is -2.14. The maximum Gasteiger partial charge on any atom is 0.270 e. The summed E-state index contributed by atoms with van der Waals surface area (Å²) in [7, 11) is 0. The van der Waals surface area contributed by atoms with Crippen molar-refractivity contribution in [2.24, 2.45) is 0 Å². The SMILES string of the molecule is Cc1ccc(NC(=O)/C(C#N)=C/c2ccc(-c3cc([N+](=O)[O-])ccc3Cl)o2)c(C)c1. The summed E-state index contributed by atoms with van der Waals surface area (Å²) >= 11 is 6.13. The number of nitriles is 1. The first-order valence-corrected chi connectivity index (χ1v) is 9.21. The summed E-state index contributed by atoms with van der Waals surface area (Å²) in [5, 5.41) is 23.4. The van der Waals surface area contributed by atoms with E-state index in [-0.39, 0.29) is 27.8 Å². The minimum atomic E-state index is -0.573. The Morgan fingerprint density at radius 2 is 1.97 bits per heavy atom. The summed E-state index contributed by atoms with van der Waals surface area (Å²) in [6.45, 7) is 3.81. The number of aryl methyl sites for hydroxylation is 2. The van der Waals surface area contributed by atoms with Crippen LogP contribution in [0.25, 0.3) is 17.4 Å². The number of nitrogens with zero attached hydrogens (tertiary/aromatic N) is 2. The van der Waals surface area contributed by atoms with Crippen LogP contribution >= 0.6 is 11.6 Å². The molecule has 1 aromatic heterocycles. The number of anilines is 1. The van der Waals surface area contributed by atoms with Crippen LogP contribution in [-0.4, -0.2) is 10.8 Å². The zero-order valence-electron chi connectivity index (χ0n) is 16.1. The van der Waals surface area contributed by atoms with Crippen molar-refractivity contribution in [2.45, 2.75) is 13.8 Å². The number of hydrogen-bond acceptors (Lipinski definition) is 5. The fraction of sp³-hybridized carbons (Fsp3) is 0.0909. The topological polar surface area (TPSA) is 109 Å². The molecule has 0 saturated heterocycles. The average molecular weight is 422 g/mol. The third kappa shape index (κ3) is 4.57. The number of carbonyl (C=O) groups is 1. The van der Waals surface area contributed by atoms with Gasteiger partial charge in [-0.05, 0) is 43.7 Å². The summed E-state index contributed by atoms with van der Waals surface area (Å²) in [5.41, 5.74) is 2.60. The molecule has 0 unspecified atom stereocenters. The molecule has 1 heterocycles. The molecule has 150 valence electrons. The summed E-state index contributed by atoms with van der Waals surface area (Å²) < 4.78 is 5.64. The number of non-ortho nitro benzene ring substituents is 1. The molecule has 8 heteroatoms. The number of nitro groups is 1. The number of amides is 1. The van der Waals surface area contributed by atoms with E-state index in [9.17, 15) is 20.2 Å². The first-order chi connectivity index (χ1) is 14.3. The Balaban J connectivity index is 1.87. The minimum absolute atomic E-state index is 0.131. The highest BCUT2D eigenvalue weighted by Gasteiger charge is 2.16. The second kappa shape index (κ2) is 8.64. The normalized spacial score (nSPS) is 11.1. The van der Waals surface area contributed by atoms with Gasteiger partial charge in [0.25, 0.3) is 11.6 Å². The van der Waals surface area contributed by atoms with E-state index in [1.165, 1.54) is 24.3 Å². The van der Waals surface area contributed by atoms with Crippen LogP contribution in [-0.2, 0) is 4.79 Å². The minimum Gasteiger partial charge on any atom is -0.457 e. The average Bonchev–Trinajstić information content (AvgIpc) is 3.16. The largest absolute Gasteiger partial charge is 0.457 e. The number of furan rings is 1. The molecule has 3 rings (SSSR count). The van der Waals surface area contributed by atoms with Crippen LogP contribution in [0, 0.1) is 35.3 Å². The van der Waals surface area contributed by atoms with Crippen LogP contribution in [0.1, 0.15) is 16.9 Å². The first kappa shape index (κ1) is 20.8. The number of nitro benzene ring substituents is 1. The molecule has 0 bridgehead atoms. The van der Waals surface area contributed by atoms with Gasteiger partial charge in [-0.1, -0.05) is 29.3 Å². The number of hydrogen-bond donors (Lipinski definition) is 1. The molecule has 0 aliphatic heterocycles. The molecule has 0 aliphatic carbocycles. The molecule has 1 amide bonds. The van der Waals surface area contributed by atoms with Crippen LogP contribution in [0.2, 0.25) is 5.02 Å². The Bertz CT molecular complexity index is 1220. The van der Waals surface area contributed by atoms with Gasteiger partial charge in [0.05, 0.1) is 9.95 Å². The van der Waals surface area contributed by atoms with Crippen molar-refractivity contribution in [1.82, 2.24) is 0 Å². The second-order valence-corrected chi connectivity index (χ2v) is 6.97. The van der Waals surface area contributed by atoms with Crippen LogP contribution < -0.4 is 5.32 Å². The third-order valence-electron chi connectivity index (χ3n) is 4.33. The standard InChI is InChI=1S/C22H16ClN3O4/c1-13-3-7-20(14(2)9-13)25-22(27)15(12-24)10-17-5-8-21(30-17)18-11-16(26(28)29)4-6-19(18)23/h3-11H,1-2H3,(H,25,27)/b15-10+. The van der Waals surface area contributed by atoms with E-state index in [0.717, 1.165) is 11.1 Å². The van der Waals surface area contributed by atoms with E-state index in [4.69, 9.17) is 16.0 Å². The van der Waals surface area contributed by atoms with Crippen molar-refractivity contribution < 1.29 is 14.1 Å². The fourth-order valence-corrected chi connectivity index (χ4v) is 3.04. The van der Waals surface area contributed by atoms with Crippen molar-refractivity contribution in [3.63, 3.8) is 0 Å². The van der Waals surface area contributed by atoms with Crippen LogP contribution in [0.5, 0.6) is 0 Å². The molecule has 0 aliphatic rings. The highest BCUT2D eigenvalue weighted by molar-refractivity contribution is 6.33. The smallest absolute Gasteiger partial charge is 0.270 e. The second-order valence-electron chi connectivity index (χ2n) is 6.57. The monoisotopic (exact) mass is 421 g/mol. The lowest BCUT2D eigenvalue weighted by atomic mass is 10.1. The Morgan fingerprint density at radius 3 is 2.63 bits per heavy atom. The molecule has 7 nitrogen and oxygen atoms in total. The van der Waals surface area contributed by atoms with Gasteiger partial charge in [0.1, 0.15) is 23.2 Å². The summed E-state index contributed by atoms with van der Waals surface area (Å²) in [5.74, 6) is -0.0577. The van der Waals surface area contributed by atoms with E-state index < -0.39 is 10.8 Å². The molecule has 0 radical (unpaired) electrons. The summed E-state index contributed by atoms with van der Waals surface area (Å²) in [6.07, 6.45) is 1.30. The van der Waals surface area contributed by atoms with Crippen LogP contribution in [0.3, 0.4) is 0 Å². The van der Waals surface area contributed by atoms with Gasteiger partial charge in [0.15, 0.2) is 0 Å². The van der Waals surface area contributed by atoms with Gasteiger partial charge in [-0.2, -0.15) is 5.26 Å². The molecule has 0 fully saturated rings. The van der Waals surface area contributed by atoms with Gasteiger partial charge in [-0.15, -0.1) is 0 Å². The molecule has 1 N–H and O–H groups in total. The summed E-state index contributed by atoms with van der Waals surface area (Å²) in [6, 6.07) is 14.5. The number of benzene rings is 2. The molecule has 30 heavy (non-hydrogen) atoms. The van der Waals surface area contributed by atoms with Gasteiger partial charge in [-0.3, -0.25) is 14.9 Å². The quantitative estimate of drug-likeness (QED) is 0.247. The van der Waals surface area contributed by atoms with Gasteiger partial charge in [-0.25, -0.2) is 0 Å². The third-order valence-corrected chi connectivity index (χ3v) is 4.66. The van der Waals surface area contributed by atoms with Gasteiger partial charge >= 0.3 is 0 Å². The maximum absolute atomic E-state index is 12.5. The zero-order chi connectivity index (χ0) is 21.8. The van der Waals surface area contributed by atoms with Crippen LogP contribution in [0.4, 0.5) is 11.4 Å². The Morgan fingerprint density at radius 1 is 1.20 bits per heavy atom. The Labute approximate surface area is 177 Å². The Kier molecular flexibility index (Phi) is 6.00. The lowest BCUT2D eigenvalue weighted by molar-refractivity contribution is -0.384. The van der Waals surface area contributed by atoms with Gasteiger partial charge in [0.2, 0.25) is 0 Å². The predicted octanol–water partition coefficient (Wildman–Crippen LogP) is 5.67. The fourth-order valence-electron chi connectivity index (χ4n) is 2.83. The van der Waals surface area contributed by atoms with E-state index in [1.54, 1.807) is 18.2 Å². The molecular weight excluding hydrogens is 406 g/mol. The highest BCUT2D eigenvalue weighted by Crippen LogP contribution is 2.33.